The highest BCUT2D eigenvalue weighted by Gasteiger charge is 2.19. The van der Waals surface area contributed by atoms with Crippen molar-refractivity contribution in [1.29, 1.82) is 0 Å². The van der Waals surface area contributed by atoms with Gasteiger partial charge in [0.15, 0.2) is 0 Å². The van der Waals surface area contributed by atoms with Crippen LogP contribution in [0.3, 0.4) is 0 Å². The summed E-state index contributed by atoms with van der Waals surface area (Å²) in [6.07, 6.45) is 0. The molecule has 11 heavy (non-hydrogen) atoms. The van der Waals surface area contributed by atoms with E-state index in [-0.39, 0.29) is 35.8 Å². The molecule has 2 N–H and O–H groups in total. The normalized spacial score (nSPS) is 22.9. The lowest BCUT2D eigenvalue weighted by Gasteiger charge is -2.26. The van der Waals surface area contributed by atoms with Crippen LogP contribution >= 0.6 is 0 Å². The topological polar surface area (TPSA) is 35.2 Å². The summed E-state index contributed by atoms with van der Waals surface area (Å²) in [6, 6.07) is -0.485. The molecule has 0 amide bonds. The molecular formula is C9H11NO. The second kappa shape index (κ2) is 2.55. The third-order valence-electron chi connectivity index (χ3n) is 1.71. The average Bonchev–Trinajstić information content (AvgIpc) is 2.15. The van der Waals surface area contributed by atoms with Crippen molar-refractivity contribution in [1.82, 2.24) is 0 Å². The number of anilines is 1. The molecule has 2 rings (SSSR count). The standard InChI is InChI=1S/C9H11NO/c10-9-3-1-2-7(4-9)8-5-11-6-8/h1-4,8H,5-6,10H2/i1D,2D,3D,4D. The third kappa shape index (κ3) is 1.21. The summed E-state index contributed by atoms with van der Waals surface area (Å²) in [7, 11) is 0. The van der Waals surface area contributed by atoms with Crippen LogP contribution < -0.4 is 5.73 Å². The predicted molar refractivity (Wildman–Crippen MR) is 44.4 cm³/mol. The molecule has 1 heterocycles. The number of hydrogen-bond donors (Lipinski definition) is 1. The molecule has 1 aliphatic heterocycles. The van der Waals surface area contributed by atoms with Crippen molar-refractivity contribution in [3.63, 3.8) is 0 Å². The molecule has 0 unspecified atom stereocenters. The lowest BCUT2D eigenvalue weighted by molar-refractivity contribution is 0.00845. The Labute approximate surface area is 71.6 Å². The summed E-state index contributed by atoms with van der Waals surface area (Å²) in [5, 5.41) is 0. The largest absolute Gasteiger partial charge is 0.399 e. The first kappa shape index (κ1) is 3.59. The van der Waals surface area contributed by atoms with Crippen molar-refractivity contribution in [3.05, 3.63) is 29.7 Å². The van der Waals surface area contributed by atoms with Crippen LogP contribution in [-0.2, 0) is 4.74 Å². The van der Waals surface area contributed by atoms with Crippen molar-refractivity contribution < 1.29 is 10.2 Å². The fourth-order valence-electron chi connectivity index (χ4n) is 0.980. The quantitative estimate of drug-likeness (QED) is 0.619. The molecule has 0 radical (unpaired) electrons. The van der Waals surface area contributed by atoms with E-state index < -0.39 is 0 Å². The first-order valence-corrected chi connectivity index (χ1v) is 3.47. The highest BCUT2D eigenvalue weighted by molar-refractivity contribution is 5.42. The van der Waals surface area contributed by atoms with E-state index >= 15 is 0 Å². The van der Waals surface area contributed by atoms with Crippen molar-refractivity contribution in [2.45, 2.75) is 5.92 Å². The minimum absolute atomic E-state index is 0.00861. The summed E-state index contributed by atoms with van der Waals surface area (Å²) in [5.74, 6) is -0.0167. The molecule has 1 saturated heterocycles. The van der Waals surface area contributed by atoms with Crippen LogP contribution in [0.5, 0.6) is 0 Å². The second-order valence-corrected chi connectivity index (χ2v) is 2.56. The van der Waals surface area contributed by atoms with Crippen LogP contribution in [0, 0.1) is 0 Å². The third-order valence-corrected chi connectivity index (χ3v) is 1.71. The highest BCUT2D eigenvalue weighted by atomic mass is 16.5. The zero-order valence-corrected chi connectivity index (χ0v) is 5.98. The van der Waals surface area contributed by atoms with Crippen LogP contribution in [0.2, 0.25) is 0 Å². The van der Waals surface area contributed by atoms with E-state index in [2.05, 4.69) is 0 Å². The van der Waals surface area contributed by atoms with Gasteiger partial charge in [-0.1, -0.05) is 12.1 Å². The van der Waals surface area contributed by atoms with Gasteiger partial charge < -0.3 is 10.5 Å². The number of ether oxygens (including phenoxy) is 1. The molecule has 2 heteroatoms. The average molecular weight is 153 g/mol. The Morgan fingerprint density at radius 3 is 3.00 bits per heavy atom. The van der Waals surface area contributed by atoms with Gasteiger partial charge in [0, 0.05) is 11.6 Å². The first-order valence-electron chi connectivity index (χ1n) is 5.47. The smallest absolute Gasteiger partial charge is 0.0648 e. The molecule has 0 aliphatic carbocycles. The summed E-state index contributed by atoms with van der Waals surface area (Å²) >= 11 is 0. The molecule has 0 aromatic heterocycles. The maximum absolute atomic E-state index is 7.74. The van der Waals surface area contributed by atoms with E-state index in [9.17, 15) is 0 Å². The van der Waals surface area contributed by atoms with E-state index in [0.29, 0.717) is 18.8 Å². The SMILES string of the molecule is [2H]c1c([2H])c(N)c([2H])c(C2COC2)c1[2H]. The number of benzene rings is 1. The predicted octanol–water partition coefficient (Wildman–Crippen LogP) is 1.38. The van der Waals surface area contributed by atoms with E-state index in [1.165, 1.54) is 0 Å². The lowest BCUT2D eigenvalue weighted by Crippen LogP contribution is -2.24. The van der Waals surface area contributed by atoms with E-state index in [0.717, 1.165) is 0 Å². The molecule has 0 spiro atoms. The Kier molecular flexibility index (Phi) is 0.831. The van der Waals surface area contributed by atoms with Crippen molar-refractivity contribution in [3.8, 4) is 0 Å². The fourth-order valence-corrected chi connectivity index (χ4v) is 0.980. The Balaban J connectivity index is 2.62. The van der Waals surface area contributed by atoms with Crippen LogP contribution in [0.15, 0.2) is 24.2 Å². The van der Waals surface area contributed by atoms with Gasteiger partial charge in [-0.2, -0.15) is 0 Å². The summed E-state index contributed by atoms with van der Waals surface area (Å²) in [4.78, 5) is 0. The molecular weight excluding hydrogens is 138 g/mol. The lowest BCUT2D eigenvalue weighted by atomic mass is 9.97. The van der Waals surface area contributed by atoms with Gasteiger partial charge >= 0.3 is 0 Å². The summed E-state index contributed by atoms with van der Waals surface area (Å²) in [5.41, 5.74) is 5.98. The zero-order chi connectivity index (χ0) is 11.2. The van der Waals surface area contributed by atoms with Gasteiger partial charge in [-0.25, -0.2) is 0 Å². The van der Waals surface area contributed by atoms with E-state index in [1.54, 1.807) is 0 Å². The maximum atomic E-state index is 7.74. The number of rotatable bonds is 1. The minimum atomic E-state index is -0.228. The zero-order valence-electron chi connectivity index (χ0n) is 9.98. The molecule has 0 bridgehead atoms. The molecule has 1 aromatic rings. The van der Waals surface area contributed by atoms with Crippen molar-refractivity contribution >= 4 is 5.69 Å². The van der Waals surface area contributed by atoms with Gasteiger partial charge in [-0.15, -0.1) is 0 Å². The maximum Gasteiger partial charge on any atom is 0.0648 e. The van der Waals surface area contributed by atoms with Gasteiger partial charge in [-0.05, 0) is 17.6 Å². The summed E-state index contributed by atoms with van der Waals surface area (Å²) in [6.45, 7) is 0.933. The highest BCUT2D eigenvalue weighted by Crippen LogP contribution is 2.24. The van der Waals surface area contributed by atoms with Crippen molar-refractivity contribution in [2.24, 2.45) is 0 Å². The number of nitrogens with two attached hydrogens (primary N) is 1. The Morgan fingerprint density at radius 1 is 1.55 bits per heavy atom. The van der Waals surface area contributed by atoms with Gasteiger partial charge in [0.05, 0.1) is 18.7 Å². The molecule has 1 fully saturated rings. The minimum Gasteiger partial charge on any atom is -0.399 e. The van der Waals surface area contributed by atoms with E-state index in [1.807, 2.05) is 0 Å². The molecule has 0 saturated carbocycles. The number of hydrogen-bond acceptors (Lipinski definition) is 2. The van der Waals surface area contributed by atoms with Crippen LogP contribution in [0.1, 0.15) is 17.0 Å². The van der Waals surface area contributed by atoms with Crippen molar-refractivity contribution in [2.75, 3.05) is 18.9 Å². The van der Waals surface area contributed by atoms with Crippen LogP contribution in [0.25, 0.3) is 0 Å². The molecule has 1 aliphatic rings. The molecule has 2 nitrogen and oxygen atoms in total. The molecule has 58 valence electrons. The van der Waals surface area contributed by atoms with Gasteiger partial charge in [0.25, 0.3) is 0 Å². The Morgan fingerprint density at radius 2 is 2.36 bits per heavy atom. The monoisotopic (exact) mass is 153 g/mol. The molecule has 0 atom stereocenters. The number of nitrogen functional groups attached to an aromatic ring is 1. The van der Waals surface area contributed by atoms with Gasteiger partial charge in [0.1, 0.15) is 0 Å². The summed E-state index contributed by atoms with van der Waals surface area (Å²) < 4.78 is 35.4. The second-order valence-electron chi connectivity index (χ2n) is 2.56. The van der Waals surface area contributed by atoms with Crippen LogP contribution in [-0.4, -0.2) is 13.2 Å². The van der Waals surface area contributed by atoms with Crippen LogP contribution in [0.4, 0.5) is 5.69 Å². The van der Waals surface area contributed by atoms with E-state index in [4.69, 9.17) is 16.0 Å². The Hall–Kier alpha value is -1.02. The Bertz CT molecular complexity index is 388. The van der Waals surface area contributed by atoms with Gasteiger partial charge in [-0.3, -0.25) is 0 Å². The molecule has 1 aromatic carbocycles. The van der Waals surface area contributed by atoms with Gasteiger partial charge in [0.2, 0.25) is 0 Å². The fraction of sp³-hybridized carbons (Fsp3) is 0.333. The first-order chi connectivity index (χ1) is 7.04.